The zero-order chi connectivity index (χ0) is 15.8. The number of aryl methyl sites for hydroxylation is 1. The van der Waals surface area contributed by atoms with Crippen molar-refractivity contribution in [3.63, 3.8) is 0 Å². The molecular formula is C16H26N2O3. The first kappa shape index (κ1) is 17.6. The molecule has 1 aromatic carbocycles. The second-order valence-electron chi connectivity index (χ2n) is 5.27. The number of nitrogens with zero attached hydrogens (tertiary/aromatic N) is 1. The van der Waals surface area contributed by atoms with Crippen molar-refractivity contribution in [3.05, 3.63) is 35.4 Å². The van der Waals surface area contributed by atoms with Crippen molar-refractivity contribution in [1.29, 1.82) is 0 Å². The molecule has 0 bridgehead atoms. The van der Waals surface area contributed by atoms with E-state index in [0.717, 1.165) is 5.56 Å². The third kappa shape index (κ3) is 5.46. The first-order chi connectivity index (χ1) is 9.99. The molecule has 0 fully saturated rings. The van der Waals surface area contributed by atoms with Gasteiger partial charge < -0.3 is 10.2 Å². The maximum atomic E-state index is 12.5. The molecule has 5 nitrogen and oxygen atoms in total. The summed E-state index contributed by atoms with van der Waals surface area (Å²) in [5.41, 5.74) is 2.29. The molecular weight excluding hydrogens is 268 g/mol. The van der Waals surface area contributed by atoms with Gasteiger partial charge in [0.15, 0.2) is 0 Å². The standard InChI is InChI=1S/C16H26N2O3/c1-12-7-6-8-15(9-12)10-18(13(2)11-21-20-5)16(19)14(3)17-4/h6-9,13-14,17H,10-11H2,1-5H3. The number of carbonyl (C=O) groups is 1. The Balaban J connectivity index is 2.87. The normalized spacial score (nSPS) is 13.8. The Morgan fingerprint density at radius 3 is 2.67 bits per heavy atom. The van der Waals surface area contributed by atoms with Crippen molar-refractivity contribution < 1.29 is 14.6 Å². The van der Waals surface area contributed by atoms with E-state index in [1.54, 1.807) is 7.05 Å². The molecule has 0 saturated carbocycles. The van der Waals surface area contributed by atoms with Crippen LogP contribution in [0.25, 0.3) is 0 Å². The molecule has 118 valence electrons. The summed E-state index contributed by atoms with van der Waals surface area (Å²) in [7, 11) is 3.25. The van der Waals surface area contributed by atoms with Gasteiger partial charge in [-0.1, -0.05) is 29.8 Å². The van der Waals surface area contributed by atoms with Crippen LogP contribution in [-0.4, -0.2) is 43.7 Å². The van der Waals surface area contributed by atoms with Gasteiger partial charge in [0.2, 0.25) is 5.91 Å². The van der Waals surface area contributed by atoms with Crippen LogP contribution in [0.1, 0.15) is 25.0 Å². The van der Waals surface area contributed by atoms with Gasteiger partial charge in [0.05, 0.1) is 19.2 Å². The van der Waals surface area contributed by atoms with Crippen molar-refractivity contribution in [2.24, 2.45) is 0 Å². The highest BCUT2D eigenvalue weighted by molar-refractivity contribution is 5.81. The fraction of sp³-hybridized carbons (Fsp3) is 0.562. The number of likely N-dealkylation sites (N-methyl/N-ethyl adjacent to an activating group) is 1. The molecule has 0 heterocycles. The van der Waals surface area contributed by atoms with Gasteiger partial charge in [-0.05, 0) is 33.4 Å². The second-order valence-corrected chi connectivity index (χ2v) is 5.27. The van der Waals surface area contributed by atoms with E-state index in [2.05, 4.69) is 16.3 Å². The maximum Gasteiger partial charge on any atom is 0.240 e. The highest BCUT2D eigenvalue weighted by Gasteiger charge is 2.24. The van der Waals surface area contributed by atoms with Crippen molar-refractivity contribution >= 4 is 5.91 Å². The quantitative estimate of drug-likeness (QED) is 0.588. The Bertz CT molecular complexity index is 451. The van der Waals surface area contributed by atoms with E-state index in [9.17, 15) is 4.79 Å². The lowest BCUT2D eigenvalue weighted by molar-refractivity contribution is -0.279. The van der Waals surface area contributed by atoms with Crippen molar-refractivity contribution in [3.8, 4) is 0 Å². The number of hydrogen-bond donors (Lipinski definition) is 1. The highest BCUT2D eigenvalue weighted by atomic mass is 17.2. The van der Waals surface area contributed by atoms with Crippen LogP contribution in [0.2, 0.25) is 0 Å². The van der Waals surface area contributed by atoms with Crippen LogP contribution >= 0.6 is 0 Å². The third-order valence-corrected chi connectivity index (χ3v) is 3.48. The summed E-state index contributed by atoms with van der Waals surface area (Å²) < 4.78 is 0. The molecule has 1 rings (SSSR count). The minimum absolute atomic E-state index is 0.0474. The molecule has 1 N–H and O–H groups in total. The van der Waals surface area contributed by atoms with Gasteiger partial charge in [0.25, 0.3) is 0 Å². The minimum Gasteiger partial charge on any atom is -0.332 e. The molecule has 1 aromatic rings. The molecule has 2 atom stereocenters. The average molecular weight is 294 g/mol. The van der Waals surface area contributed by atoms with Crippen LogP contribution in [0.3, 0.4) is 0 Å². The Kier molecular flexibility index (Phi) is 7.36. The lowest BCUT2D eigenvalue weighted by atomic mass is 10.1. The lowest BCUT2D eigenvalue weighted by Crippen LogP contribution is -2.48. The van der Waals surface area contributed by atoms with E-state index >= 15 is 0 Å². The Hall–Kier alpha value is -1.43. The fourth-order valence-electron chi connectivity index (χ4n) is 2.09. The number of nitrogens with one attached hydrogen (secondary N) is 1. The van der Waals surface area contributed by atoms with E-state index in [4.69, 9.17) is 4.89 Å². The van der Waals surface area contributed by atoms with Crippen molar-refractivity contribution in [2.75, 3.05) is 20.8 Å². The Morgan fingerprint density at radius 1 is 1.38 bits per heavy atom. The second kappa shape index (κ2) is 8.77. The molecule has 0 aliphatic carbocycles. The summed E-state index contributed by atoms with van der Waals surface area (Å²) in [6.45, 7) is 6.75. The molecule has 0 radical (unpaired) electrons. The summed E-state index contributed by atoms with van der Waals surface area (Å²) >= 11 is 0. The molecule has 1 amide bonds. The number of hydrogen-bond acceptors (Lipinski definition) is 4. The van der Waals surface area contributed by atoms with Gasteiger partial charge in [-0.25, -0.2) is 9.78 Å². The van der Waals surface area contributed by atoms with Gasteiger partial charge in [-0.2, -0.15) is 0 Å². The number of carbonyl (C=O) groups excluding carboxylic acids is 1. The molecule has 0 aromatic heterocycles. The molecule has 5 heteroatoms. The summed E-state index contributed by atoms with van der Waals surface area (Å²) in [6.07, 6.45) is 0. The topological polar surface area (TPSA) is 50.8 Å². The van der Waals surface area contributed by atoms with Crippen LogP contribution in [-0.2, 0) is 21.1 Å². The van der Waals surface area contributed by atoms with Gasteiger partial charge in [0.1, 0.15) is 6.61 Å². The Morgan fingerprint density at radius 2 is 2.10 bits per heavy atom. The molecule has 0 saturated heterocycles. The zero-order valence-electron chi connectivity index (χ0n) is 13.6. The predicted octanol–water partition coefficient (Wildman–Crippen LogP) is 1.90. The number of rotatable bonds is 8. The molecule has 0 aliphatic heterocycles. The Labute approximate surface area is 127 Å². The van der Waals surface area contributed by atoms with Crippen LogP contribution in [0, 0.1) is 6.92 Å². The van der Waals surface area contributed by atoms with E-state index in [1.807, 2.05) is 43.9 Å². The number of benzene rings is 1. The minimum atomic E-state index is -0.236. The summed E-state index contributed by atoms with van der Waals surface area (Å²) in [5.74, 6) is 0.0474. The van der Waals surface area contributed by atoms with Crippen LogP contribution < -0.4 is 5.32 Å². The summed E-state index contributed by atoms with van der Waals surface area (Å²) in [5, 5.41) is 2.99. The zero-order valence-corrected chi connectivity index (χ0v) is 13.6. The van der Waals surface area contributed by atoms with Gasteiger partial charge in [-0.15, -0.1) is 0 Å². The van der Waals surface area contributed by atoms with Gasteiger partial charge in [0, 0.05) is 6.54 Å². The fourth-order valence-corrected chi connectivity index (χ4v) is 2.09. The smallest absolute Gasteiger partial charge is 0.240 e. The molecule has 2 unspecified atom stereocenters. The maximum absolute atomic E-state index is 12.5. The van der Waals surface area contributed by atoms with Crippen molar-refractivity contribution in [2.45, 2.75) is 39.4 Å². The average Bonchev–Trinajstić information content (AvgIpc) is 2.48. The van der Waals surface area contributed by atoms with E-state index in [-0.39, 0.29) is 18.0 Å². The van der Waals surface area contributed by atoms with E-state index in [1.165, 1.54) is 12.7 Å². The predicted molar refractivity (Wildman–Crippen MR) is 82.7 cm³/mol. The van der Waals surface area contributed by atoms with Crippen LogP contribution in [0.5, 0.6) is 0 Å². The first-order valence-electron chi connectivity index (χ1n) is 7.18. The molecule has 0 aliphatic rings. The van der Waals surface area contributed by atoms with E-state index < -0.39 is 0 Å². The summed E-state index contributed by atoms with van der Waals surface area (Å²) in [4.78, 5) is 24.0. The van der Waals surface area contributed by atoms with Gasteiger partial charge in [-0.3, -0.25) is 4.79 Å². The lowest BCUT2D eigenvalue weighted by Gasteiger charge is -2.31. The molecule has 21 heavy (non-hydrogen) atoms. The van der Waals surface area contributed by atoms with Crippen molar-refractivity contribution in [1.82, 2.24) is 10.2 Å². The SMILES string of the molecule is CNC(C)C(=O)N(Cc1cccc(C)c1)C(C)COOC. The third-order valence-electron chi connectivity index (χ3n) is 3.48. The van der Waals surface area contributed by atoms with Crippen LogP contribution in [0.4, 0.5) is 0 Å². The van der Waals surface area contributed by atoms with E-state index in [0.29, 0.717) is 13.2 Å². The first-order valence-corrected chi connectivity index (χ1v) is 7.18. The highest BCUT2D eigenvalue weighted by Crippen LogP contribution is 2.12. The van der Waals surface area contributed by atoms with Crippen LogP contribution in [0.15, 0.2) is 24.3 Å². The largest absolute Gasteiger partial charge is 0.332 e. The number of amides is 1. The molecule has 0 spiro atoms. The summed E-state index contributed by atoms with van der Waals surface area (Å²) in [6, 6.07) is 7.86. The monoisotopic (exact) mass is 294 g/mol. The van der Waals surface area contributed by atoms with Gasteiger partial charge >= 0.3 is 0 Å².